The summed E-state index contributed by atoms with van der Waals surface area (Å²) in [4.78, 5) is 22.6. The van der Waals surface area contributed by atoms with Crippen molar-refractivity contribution in [2.24, 2.45) is 5.10 Å². The molecule has 0 spiro atoms. The fourth-order valence-electron chi connectivity index (χ4n) is 1.73. The van der Waals surface area contributed by atoms with Crippen molar-refractivity contribution in [3.63, 3.8) is 0 Å². The van der Waals surface area contributed by atoms with Crippen molar-refractivity contribution in [2.75, 3.05) is 0 Å². The van der Waals surface area contributed by atoms with Gasteiger partial charge in [-0.15, -0.1) is 5.10 Å². The van der Waals surface area contributed by atoms with Crippen molar-refractivity contribution in [3.05, 3.63) is 35.9 Å². The summed E-state index contributed by atoms with van der Waals surface area (Å²) in [5.41, 5.74) is 0.708. The van der Waals surface area contributed by atoms with E-state index in [1.807, 2.05) is 6.07 Å². The van der Waals surface area contributed by atoms with Gasteiger partial charge < -0.3 is 5.32 Å². The first-order valence-electron chi connectivity index (χ1n) is 5.62. The fourth-order valence-corrected chi connectivity index (χ4v) is 3.14. The van der Waals surface area contributed by atoms with E-state index in [0.29, 0.717) is 5.56 Å². The Hall–Kier alpha value is -2.02. The second kappa shape index (κ2) is 5.31. The number of hydrazone groups is 1. The van der Waals surface area contributed by atoms with Crippen molar-refractivity contribution in [1.29, 1.82) is 0 Å². The van der Waals surface area contributed by atoms with Crippen LogP contribution in [-0.2, 0) is 20.4 Å². The Morgan fingerprint density at radius 2 is 1.89 bits per heavy atom. The highest BCUT2D eigenvalue weighted by molar-refractivity contribution is 8.01. The Labute approximate surface area is 112 Å². The molecule has 1 aliphatic rings. The van der Waals surface area contributed by atoms with Crippen LogP contribution in [0.25, 0.3) is 0 Å². The summed E-state index contributed by atoms with van der Waals surface area (Å²) in [6.07, 6.45) is 0. The topological polar surface area (TPSA) is 78.8 Å². The first-order valence-corrected chi connectivity index (χ1v) is 6.83. The standard InChI is InChI=1S/C12H13N3O3S/c1-8(16)13-12-14-15(9(2)17)11(19(12)18)10-6-4-3-5-7-10/h3-7,11H,1-2H3,(H,13,14,16). The molecule has 0 bridgehead atoms. The molecule has 100 valence electrons. The van der Waals surface area contributed by atoms with E-state index in [0.717, 1.165) is 5.01 Å². The molecular weight excluding hydrogens is 266 g/mol. The molecule has 0 aromatic heterocycles. The molecule has 1 aromatic carbocycles. The summed E-state index contributed by atoms with van der Waals surface area (Å²) in [7, 11) is -1.60. The van der Waals surface area contributed by atoms with Gasteiger partial charge in [-0.05, 0) is 5.56 Å². The quantitative estimate of drug-likeness (QED) is 0.822. The van der Waals surface area contributed by atoms with Gasteiger partial charge in [0.2, 0.25) is 17.0 Å². The van der Waals surface area contributed by atoms with Gasteiger partial charge in [0, 0.05) is 13.8 Å². The molecule has 2 unspecified atom stereocenters. The zero-order chi connectivity index (χ0) is 14.0. The predicted octanol–water partition coefficient (Wildman–Crippen LogP) is 0.703. The number of hydrogen-bond donors (Lipinski definition) is 1. The van der Waals surface area contributed by atoms with Crippen molar-refractivity contribution in [3.8, 4) is 0 Å². The Bertz CT molecular complexity index is 571. The van der Waals surface area contributed by atoms with Gasteiger partial charge in [-0.25, -0.2) is 9.22 Å². The van der Waals surface area contributed by atoms with Crippen LogP contribution in [0.1, 0.15) is 24.8 Å². The second-order valence-corrected chi connectivity index (χ2v) is 5.44. The van der Waals surface area contributed by atoms with Crippen LogP contribution in [0.4, 0.5) is 0 Å². The number of amidine groups is 1. The Balaban J connectivity index is 2.37. The molecule has 2 amide bonds. The molecule has 0 fully saturated rings. The zero-order valence-corrected chi connectivity index (χ0v) is 11.3. The summed E-state index contributed by atoms with van der Waals surface area (Å²) < 4.78 is 12.3. The van der Waals surface area contributed by atoms with Crippen molar-refractivity contribution in [1.82, 2.24) is 10.3 Å². The number of rotatable bonds is 1. The molecule has 1 aromatic rings. The van der Waals surface area contributed by atoms with Gasteiger partial charge >= 0.3 is 0 Å². The largest absolute Gasteiger partial charge is 0.302 e. The first-order chi connectivity index (χ1) is 9.00. The molecule has 1 heterocycles. The molecule has 2 rings (SSSR count). The van der Waals surface area contributed by atoms with Crippen LogP contribution in [0.2, 0.25) is 0 Å². The third kappa shape index (κ3) is 2.70. The Morgan fingerprint density at radius 1 is 1.26 bits per heavy atom. The fraction of sp³-hybridized carbons (Fsp3) is 0.250. The van der Waals surface area contributed by atoms with Crippen LogP contribution in [-0.4, -0.2) is 26.2 Å². The van der Waals surface area contributed by atoms with E-state index >= 15 is 0 Å². The van der Waals surface area contributed by atoms with Gasteiger partial charge in [0.15, 0.2) is 5.37 Å². The van der Waals surface area contributed by atoms with Crippen molar-refractivity contribution in [2.45, 2.75) is 19.2 Å². The lowest BCUT2D eigenvalue weighted by molar-refractivity contribution is -0.129. The maximum absolute atomic E-state index is 12.3. The normalized spacial score (nSPS) is 22.0. The number of carbonyl (C=O) groups excluding carboxylic acids is 2. The lowest BCUT2D eigenvalue weighted by Gasteiger charge is -2.18. The van der Waals surface area contributed by atoms with Crippen LogP contribution >= 0.6 is 0 Å². The molecule has 0 saturated heterocycles. The number of carbonyl (C=O) groups is 2. The SMILES string of the molecule is CC(=O)NC1=NN(C(C)=O)C(c2ccccc2)S1=O. The maximum Gasteiger partial charge on any atom is 0.241 e. The average Bonchev–Trinajstić information content (AvgIpc) is 2.67. The molecule has 2 atom stereocenters. The van der Waals surface area contributed by atoms with E-state index in [1.165, 1.54) is 13.8 Å². The van der Waals surface area contributed by atoms with E-state index in [2.05, 4.69) is 10.4 Å². The molecule has 6 nitrogen and oxygen atoms in total. The summed E-state index contributed by atoms with van der Waals surface area (Å²) in [5, 5.41) is 6.78. The Kier molecular flexibility index (Phi) is 3.75. The molecule has 1 N–H and O–H groups in total. The lowest BCUT2D eigenvalue weighted by atomic mass is 10.2. The van der Waals surface area contributed by atoms with E-state index in [-0.39, 0.29) is 17.0 Å². The van der Waals surface area contributed by atoms with E-state index in [1.54, 1.807) is 24.3 Å². The Morgan fingerprint density at radius 3 is 2.42 bits per heavy atom. The monoisotopic (exact) mass is 279 g/mol. The predicted molar refractivity (Wildman–Crippen MR) is 71.1 cm³/mol. The van der Waals surface area contributed by atoms with Crippen molar-refractivity contribution < 1.29 is 13.8 Å². The zero-order valence-electron chi connectivity index (χ0n) is 10.5. The third-order valence-corrected chi connectivity index (χ3v) is 3.95. The number of hydrogen-bond acceptors (Lipinski definition) is 4. The summed E-state index contributed by atoms with van der Waals surface area (Å²) >= 11 is 0. The summed E-state index contributed by atoms with van der Waals surface area (Å²) in [6, 6.07) is 8.95. The van der Waals surface area contributed by atoms with Gasteiger partial charge in [-0.1, -0.05) is 30.3 Å². The van der Waals surface area contributed by atoms with E-state index < -0.39 is 16.2 Å². The minimum atomic E-state index is -1.60. The summed E-state index contributed by atoms with van der Waals surface area (Å²) in [5.74, 6) is -0.702. The highest BCUT2D eigenvalue weighted by Crippen LogP contribution is 2.30. The van der Waals surface area contributed by atoms with Gasteiger partial charge in [0.25, 0.3) is 0 Å². The molecule has 0 aliphatic carbocycles. The number of amides is 2. The van der Waals surface area contributed by atoms with Crippen molar-refractivity contribution >= 4 is 27.8 Å². The number of benzene rings is 1. The number of nitrogens with one attached hydrogen (secondary N) is 1. The number of nitrogens with zero attached hydrogens (tertiary/aromatic N) is 2. The molecular formula is C12H13N3O3S. The van der Waals surface area contributed by atoms with Gasteiger partial charge in [-0.2, -0.15) is 0 Å². The van der Waals surface area contributed by atoms with Gasteiger partial charge in [-0.3, -0.25) is 9.59 Å². The molecule has 19 heavy (non-hydrogen) atoms. The lowest BCUT2D eigenvalue weighted by Crippen LogP contribution is -2.31. The molecule has 0 radical (unpaired) electrons. The molecule has 7 heteroatoms. The first kappa shape index (κ1) is 13.4. The van der Waals surface area contributed by atoms with Gasteiger partial charge in [0.05, 0.1) is 0 Å². The smallest absolute Gasteiger partial charge is 0.241 e. The van der Waals surface area contributed by atoms with Crippen LogP contribution in [0.15, 0.2) is 35.4 Å². The van der Waals surface area contributed by atoms with Crippen LogP contribution < -0.4 is 5.32 Å². The van der Waals surface area contributed by atoms with Crippen LogP contribution in [0.5, 0.6) is 0 Å². The van der Waals surface area contributed by atoms with E-state index in [4.69, 9.17) is 0 Å². The maximum atomic E-state index is 12.3. The second-order valence-electron chi connectivity index (χ2n) is 4.01. The minimum absolute atomic E-state index is 0.0107. The highest BCUT2D eigenvalue weighted by atomic mass is 32.2. The molecule has 1 aliphatic heterocycles. The van der Waals surface area contributed by atoms with Gasteiger partial charge in [0.1, 0.15) is 10.8 Å². The molecule has 0 saturated carbocycles. The van der Waals surface area contributed by atoms with E-state index in [9.17, 15) is 13.8 Å². The minimum Gasteiger partial charge on any atom is -0.302 e. The highest BCUT2D eigenvalue weighted by Gasteiger charge is 2.38. The average molecular weight is 279 g/mol. The van der Waals surface area contributed by atoms with Crippen LogP contribution in [0.3, 0.4) is 0 Å². The van der Waals surface area contributed by atoms with Crippen LogP contribution in [0, 0.1) is 0 Å². The third-order valence-electron chi connectivity index (χ3n) is 2.50. The summed E-state index contributed by atoms with van der Waals surface area (Å²) in [6.45, 7) is 2.64.